The molecule has 1 amide bonds. The molecule has 5 heteroatoms. The van der Waals surface area contributed by atoms with E-state index in [9.17, 15) is 4.79 Å². The first kappa shape index (κ1) is 13.6. The number of rotatable bonds is 2. The van der Waals surface area contributed by atoms with Gasteiger partial charge in [0.2, 0.25) is 5.91 Å². The van der Waals surface area contributed by atoms with Crippen LogP contribution in [0.5, 0.6) is 0 Å². The van der Waals surface area contributed by atoms with Gasteiger partial charge in [-0.05, 0) is 35.9 Å². The predicted molar refractivity (Wildman–Crippen MR) is 83.8 cm³/mol. The van der Waals surface area contributed by atoms with E-state index in [1.807, 2.05) is 48.5 Å². The van der Waals surface area contributed by atoms with Gasteiger partial charge in [0, 0.05) is 15.2 Å². The first-order valence-electron chi connectivity index (χ1n) is 6.18. The van der Waals surface area contributed by atoms with Crippen LogP contribution >= 0.6 is 27.5 Å². The lowest BCUT2D eigenvalue weighted by molar-refractivity contribution is -0.126. The molecule has 0 saturated carbocycles. The maximum atomic E-state index is 12.1. The van der Waals surface area contributed by atoms with E-state index in [-0.39, 0.29) is 11.9 Å². The fourth-order valence-electron chi connectivity index (χ4n) is 2.45. The highest BCUT2D eigenvalue weighted by atomic mass is 79.9. The quantitative estimate of drug-likeness (QED) is 0.842. The summed E-state index contributed by atoms with van der Waals surface area (Å²) in [6.45, 7) is 0. The summed E-state index contributed by atoms with van der Waals surface area (Å²) in [4.78, 5) is 13.8. The van der Waals surface area contributed by atoms with Crippen molar-refractivity contribution < 1.29 is 4.79 Å². The predicted octanol–water partition coefficient (Wildman–Crippen LogP) is 3.52. The number of carbonyl (C=O) groups is 1. The minimum atomic E-state index is -0.543. The molecule has 2 N–H and O–H groups in total. The van der Waals surface area contributed by atoms with Crippen molar-refractivity contribution in [2.75, 3.05) is 4.90 Å². The number of benzene rings is 2. The van der Waals surface area contributed by atoms with Crippen LogP contribution in [0.2, 0.25) is 5.02 Å². The van der Waals surface area contributed by atoms with E-state index in [4.69, 9.17) is 17.3 Å². The highest BCUT2D eigenvalue weighted by Crippen LogP contribution is 2.40. The Morgan fingerprint density at radius 2 is 1.75 bits per heavy atom. The van der Waals surface area contributed by atoms with E-state index in [1.165, 1.54) is 0 Å². The third kappa shape index (κ3) is 2.14. The molecule has 0 spiro atoms. The van der Waals surface area contributed by atoms with Gasteiger partial charge in [0.05, 0.1) is 6.04 Å². The Bertz CT molecular complexity index is 659. The van der Waals surface area contributed by atoms with Crippen molar-refractivity contribution in [2.24, 2.45) is 5.73 Å². The van der Waals surface area contributed by atoms with Gasteiger partial charge < -0.3 is 10.6 Å². The summed E-state index contributed by atoms with van der Waals surface area (Å²) in [7, 11) is 0. The van der Waals surface area contributed by atoms with Gasteiger partial charge in [-0.15, -0.1) is 0 Å². The number of β-lactam (4-membered cyclic amide) rings is 1. The minimum absolute atomic E-state index is 0.0859. The number of nitrogens with zero attached hydrogens (tertiary/aromatic N) is 1. The largest absolute Gasteiger partial charge is 0.318 e. The van der Waals surface area contributed by atoms with E-state index in [0.29, 0.717) is 5.02 Å². The zero-order valence-electron chi connectivity index (χ0n) is 10.5. The molecule has 0 bridgehead atoms. The lowest BCUT2D eigenvalue weighted by atomic mass is 9.88. The fourth-order valence-corrected chi connectivity index (χ4v) is 2.96. The molecule has 0 aliphatic carbocycles. The topological polar surface area (TPSA) is 46.3 Å². The van der Waals surface area contributed by atoms with Gasteiger partial charge in [-0.1, -0.05) is 45.7 Å². The van der Waals surface area contributed by atoms with Gasteiger partial charge in [-0.25, -0.2) is 0 Å². The van der Waals surface area contributed by atoms with Gasteiger partial charge in [-0.2, -0.15) is 0 Å². The van der Waals surface area contributed by atoms with Crippen molar-refractivity contribution in [3.8, 4) is 0 Å². The normalized spacial score (nSPS) is 21.8. The van der Waals surface area contributed by atoms with E-state index in [2.05, 4.69) is 15.9 Å². The summed E-state index contributed by atoms with van der Waals surface area (Å²) in [5.74, 6) is -0.0859. The molecule has 0 aromatic heterocycles. The molecule has 2 aromatic carbocycles. The van der Waals surface area contributed by atoms with Crippen LogP contribution in [0.3, 0.4) is 0 Å². The third-order valence-corrected chi connectivity index (χ3v) is 4.34. The van der Waals surface area contributed by atoms with Crippen LogP contribution in [0, 0.1) is 0 Å². The molecule has 102 valence electrons. The van der Waals surface area contributed by atoms with Gasteiger partial charge in [0.25, 0.3) is 0 Å². The molecule has 1 heterocycles. The highest BCUT2D eigenvalue weighted by molar-refractivity contribution is 9.10. The average Bonchev–Trinajstić information content (AvgIpc) is 2.46. The lowest BCUT2D eigenvalue weighted by Crippen LogP contribution is -2.63. The molecule has 1 saturated heterocycles. The summed E-state index contributed by atoms with van der Waals surface area (Å²) >= 11 is 9.61. The molecule has 0 unspecified atom stereocenters. The second-order valence-corrected chi connectivity index (χ2v) is 6.00. The van der Waals surface area contributed by atoms with E-state index < -0.39 is 6.04 Å². The van der Waals surface area contributed by atoms with Crippen LogP contribution < -0.4 is 10.6 Å². The molecular formula is C15H12BrClN2O. The molecule has 1 aliphatic heterocycles. The van der Waals surface area contributed by atoms with Gasteiger partial charge in [-0.3, -0.25) is 4.79 Å². The molecule has 2 atom stereocenters. The number of hydrogen-bond acceptors (Lipinski definition) is 2. The smallest absolute Gasteiger partial charge is 0.247 e. The van der Waals surface area contributed by atoms with E-state index in [1.54, 1.807) is 4.90 Å². The maximum Gasteiger partial charge on any atom is 0.247 e. The van der Waals surface area contributed by atoms with Crippen LogP contribution in [0.4, 0.5) is 5.69 Å². The summed E-state index contributed by atoms with van der Waals surface area (Å²) in [6, 6.07) is 14.3. The Labute approximate surface area is 130 Å². The summed E-state index contributed by atoms with van der Waals surface area (Å²) < 4.78 is 0.966. The Morgan fingerprint density at radius 3 is 2.40 bits per heavy atom. The lowest BCUT2D eigenvalue weighted by Gasteiger charge is -2.45. The second kappa shape index (κ2) is 5.20. The van der Waals surface area contributed by atoms with Crippen LogP contribution in [-0.2, 0) is 4.79 Å². The molecule has 20 heavy (non-hydrogen) atoms. The fraction of sp³-hybridized carbons (Fsp3) is 0.133. The molecule has 2 aromatic rings. The monoisotopic (exact) mass is 350 g/mol. The SMILES string of the molecule is N[C@@H]1C(=O)N(c2ccc(Br)cc2)[C@@H]1c1ccccc1Cl. The number of halogens is 2. The zero-order chi connectivity index (χ0) is 14.3. The standard InChI is InChI=1S/C15H12BrClN2O/c16-9-5-7-10(8-6-9)19-14(13(18)15(19)20)11-3-1-2-4-12(11)17/h1-8,13-14H,18H2/t13-,14+/m0/s1. The van der Waals surface area contributed by atoms with Gasteiger partial charge in [0.1, 0.15) is 6.04 Å². The Hall–Kier alpha value is -1.36. The third-order valence-electron chi connectivity index (χ3n) is 3.47. The average molecular weight is 352 g/mol. The highest BCUT2D eigenvalue weighted by Gasteiger charge is 2.47. The molecule has 3 rings (SSSR count). The molecular weight excluding hydrogens is 340 g/mol. The van der Waals surface area contributed by atoms with E-state index >= 15 is 0 Å². The van der Waals surface area contributed by atoms with Gasteiger partial charge >= 0.3 is 0 Å². The van der Waals surface area contributed by atoms with Crippen molar-refractivity contribution >= 4 is 39.1 Å². The Morgan fingerprint density at radius 1 is 1.10 bits per heavy atom. The Balaban J connectivity index is 2.00. The van der Waals surface area contributed by atoms with Crippen LogP contribution in [-0.4, -0.2) is 11.9 Å². The molecule has 3 nitrogen and oxygen atoms in total. The van der Waals surface area contributed by atoms with Crippen molar-refractivity contribution in [2.45, 2.75) is 12.1 Å². The van der Waals surface area contributed by atoms with E-state index in [0.717, 1.165) is 15.7 Å². The second-order valence-electron chi connectivity index (χ2n) is 4.68. The molecule has 0 radical (unpaired) electrons. The van der Waals surface area contributed by atoms with Crippen molar-refractivity contribution in [3.05, 3.63) is 63.6 Å². The number of carbonyl (C=O) groups excluding carboxylic acids is 1. The number of anilines is 1. The molecule has 1 fully saturated rings. The number of hydrogen-bond donors (Lipinski definition) is 1. The van der Waals surface area contributed by atoms with Crippen LogP contribution in [0.15, 0.2) is 53.0 Å². The Kier molecular flexibility index (Phi) is 3.54. The first-order chi connectivity index (χ1) is 9.59. The minimum Gasteiger partial charge on any atom is -0.318 e. The summed E-state index contributed by atoms with van der Waals surface area (Å²) in [5, 5.41) is 0.627. The zero-order valence-corrected chi connectivity index (χ0v) is 12.8. The first-order valence-corrected chi connectivity index (χ1v) is 7.35. The van der Waals surface area contributed by atoms with Crippen LogP contribution in [0.1, 0.15) is 11.6 Å². The maximum absolute atomic E-state index is 12.1. The molecule has 1 aliphatic rings. The van der Waals surface area contributed by atoms with Crippen molar-refractivity contribution in [3.63, 3.8) is 0 Å². The number of amides is 1. The summed E-state index contributed by atoms with van der Waals surface area (Å²) in [6.07, 6.45) is 0. The van der Waals surface area contributed by atoms with Crippen molar-refractivity contribution in [1.82, 2.24) is 0 Å². The summed E-state index contributed by atoms with van der Waals surface area (Å²) in [5.41, 5.74) is 7.67. The number of nitrogens with two attached hydrogens (primary N) is 1. The van der Waals surface area contributed by atoms with Gasteiger partial charge in [0.15, 0.2) is 0 Å². The van der Waals surface area contributed by atoms with Crippen LogP contribution in [0.25, 0.3) is 0 Å². The van der Waals surface area contributed by atoms with Crippen molar-refractivity contribution in [1.29, 1.82) is 0 Å².